The molecule has 5 nitrogen and oxygen atoms in total. The van der Waals surface area contributed by atoms with Gasteiger partial charge in [-0.05, 0) is 32.0 Å². The average Bonchev–Trinajstić information content (AvgIpc) is 2.48. The van der Waals surface area contributed by atoms with Crippen molar-refractivity contribution in [3.63, 3.8) is 0 Å². The van der Waals surface area contributed by atoms with E-state index >= 15 is 0 Å². The van der Waals surface area contributed by atoms with E-state index in [4.69, 9.17) is 0 Å². The number of anilines is 1. The molecule has 0 saturated carbocycles. The van der Waals surface area contributed by atoms with Crippen LogP contribution in [0.15, 0.2) is 23.1 Å². The summed E-state index contributed by atoms with van der Waals surface area (Å²) in [4.78, 5) is 27.3. The van der Waals surface area contributed by atoms with Gasteiger partial charge in [0.2, 0.25) is 5.91 Å². The quantitative estimate of drug-likeness (QED) is 0.820. The van der Waals surface area contributed by atoms with Crippen LogP contribution in [0, 0.1) is 0 Å². The Balaban J connectivity index is 0.00000176. The SMILES string of the molecule is CC1Sc2ccc(C(=O)N3CCNC[C@@H]3C)cc2NC1=O.Cl. The van der Waals surface area contributed by atoms with E-state index in [-0.39, 0.29) is 35.5 Å². The van der Waals surface area contributed by atoms with Gasteiger partial charge in [0.15, 0.2) is 0 Å². The number of benzene rings is 1. The molecule has 0 aliphatic carbocycles. The van der Waals surface area contributed by atoms with Gasteiger partial charge in [-0.3, -0.25) is 9.59 Å². The molecule has 2 aliphatic rings. The van der Waals surface area contributed by atoms with Crippen molar-refractivity contribution in [1.82, 2.24) is 10.2 Å². The molecule has 1 saturated heterocycles. The fourth-order valence-electron chi connectivity index (χ4n) is 2.65. The number of carbonyl (C=O) groups is 2. The van der Waals surface area contributed by atoms with Crippen LogP contribution < -0.4 is 10.6 Å². The highest BCUT2D eigenvalue weighted by molar-refractivity contribution is 8.00. The van der Waals surface area contributed by atoms with E-state index in [0.717, 1.165) is 30.2 Å². The summed E-state index contributed by atoms with van der Waals surface area (Å²) in [5.41, 5.74) is 1.38. The summed E-state index contributed by atoms with van der Waals surface area (Å²) >= 11 is 1.53. The Hall–Kier alpha value is -1.24. The molecule has 1 unspecified atom stereocenters. The van der Waals surface area contributed by atoms with Crippen LogP contribution in [0.4, 0.5) is 5.69 Å². The molecule has 0 spiro atoms. The summed E-state index contributed by atoms with van der Waals surface area (Å²) in [6.45, 7) is 6.29. The predicted molar refractivity (Wildman–Crippen MR) is 91.0 cm³/mol. The van der Waals surface area contributed by atoms with E-state index in [0.29, 0.717) is 5.56 Å². The molecule has 2 heterocycles. The van der Waals surface area contributed by atoms with Crippen LogP contribution in [0.1, 0.15) is 24.2 Å². The maximum Gasteiger partial charge on any atom is 0.254 e. The smallest absolute Gasteiger partial charge is 0.254 e. The first-order chi connectivity index (χ1) is 10.1. The number of hydrogen-bond donors (Lipinski definition) is 2. The van der Waals surface area contributed by atoms with Gasteiger partial charge in [0, 0.05) is 36.1 Å². The van der Waals surface area contributed by atoms with Crippen LogP contribution in [0.25, 0.3) is 0 Å². The Morgan fingerprint density at radius 3 is 2.86 bits per heavy atom. The third-order valence-corrected chi connectivity index (χ3v) is 5.10. The molecular weight excluding hydrogens is 322 g/mol. The zero-order chi connectivity index (χ0) is 15.0. The molecule has 22 heavy (non-hydrogen) atoms. The van der Waals surface area contributed by atoms with E-state index < -0.39 is 0 Å². The van der Waals surface area contributed by atoms with Crippen LogP contribution in [-0.4, -0.2) is 47.6 Å². The monoisotopic (exact) mass is 341 g/mol. The van der Waals surface area contributed by atoms with Crippen LogP contribution in [0.3, 0.4) is 0 Å². The third kappa shape index (κ3) is 3.24. The number of carbonyl (C=O) groups excluding carboxylic acids is 2. The van der Waals surface area contributed by atoms with Gasteiger partial charge in [0.05, 0.1) is 10.9 Å². The Kier molecular flexibility index (Phi) is 5.36. The minimum Gasteiger partial charge on any atom is -0.333 e. The molecule has 1 fully saturated rings. The van der Waals surface area contributed by atoms with Gasteiger partial charge >= 0.3 is 0 Å². The van der Waals surface area contributed by atoms with Gasteiger partial charge < -0.3 is 15.5 Å². The second-order valence-corrected chi connectivity index (χ2v) is 6.89. The van der Waals surface area contributed by atoms with Crippen molar-refractivity contribution < 1.29 is 9.59 Å². The molecule has 2 atom stereocenters. The zero-order valence-electron chi connectivity index (χ0n) is 12.6. The van der Waals surface area contributed by atoms with E-state index in [1.165, 1.54) is 11.8 Å². The van der Waals surface area contributed by atoms with Crippen LogP contribution in [-0.2, 0) is 4.79 Å². The highest BCUT2D eigenvalue weighted by Gasteiger charge is 2.27. The molecular formula is C15H20ClN3O2S. The van der Waals surface area contributed by atoms with Crippen LogP contribution >= 0.6 is 24.2 Å². The summed E-state index contributed by atoms with van der Waals surface area (Å²) in [7, 11) is 0. The first kappa shape index (κ1) is 17.1. The standard InChI is InChI=1S/C15H19N3O2S.ClH/c1-9-8-16-5-6-18(9)15(20)11-3-4-13-12(7-11)17-14(19)10(2)21-13;/h3-4,7,9-10,16H,5-6,8H2,1-2H3,(H,17,19);1H/t9-,10?;/m0./s1. The van der Waals surface area contributed by atoms with E-state index in [9.17, 15) is 9.59 Å². The molecule has 120 valence electrons. The van der Waals surface area contributed by atoms with Gasteiger partial charge in [-0.15, -0.1) is 24.2 Å². The highest BCUT2D eigenvalue weighted by atomic mass is 35.5. The minimum atomic E-state index is -0.0905. The fraction of sp³-hybridized carbons (Fsp3) is 0.467. The largest absolute Gasteiger partial charge is 0.333 e. The van der Waals surface area contributed by atoms with Crippen LogP contribution in [0.2, 0.25) is 0 Å². The molecule has 0 radical (unpaired) electrons. The van der Waals surface area contributed by atoms with E-state index in [1.54, 1.807) is 6.07 Å². The summed E-state index contributed by atoms with van der Waals surface area (Å²) in [6.07, 6.45) is 0. The molecule has 3 rings (SSSR count). The summed E-state index contributed by atoms with van der Waals surface area (Å²) < 4.78 is 0. The lowest BCUT2D eigenvalue weighted by Crippen LogP contribution is -2.52. The van der Waals surface area contributed by atoms with Crippen molar-refractivity contribution >= 4 is 41.7 Å². The molecule has 2 aliphatic heterocycles. The number of amides is 2. The fourth-order valence-corrected chi connectivity index (χ4v) is 3.58. The lowest BCUT2D eigenvalue weighted by molar-refractivity contribution is -0.115. The lowest BCUT2D eigenvalue weighted by atomic mass is 10.1. The first-order valence-electron chi connectivity index (χ1n) is 7.19. The number of nitrogens with zero attached hydrogens (tertiary/aromatic N) is 1. The minimum absolute atomic E-state index is 0. The Labute approximate surface area is 140 Å². The topological polar surface area (TPSA) is 61.4 Å². The Bertz CT molecular complexity index is 596. The maximum absolute atomic E-state index is 12.6. The normalized spacial score (nSPS) is 24.1. The molecule has 2 amide bonds. The van der Waals surface area contributed by atoms with Crippen molar-refractivity contribution in [2.45, 2.75) is 30.0 Å². The van der Waals surface area contributed by atoms with Gasteiger partial charge in [-0.25, -0.2) is 0 Å². The van der Waals surface area contributed by atoms with Crippen molar-refractivity contribution in [3.05, 3.63) is 23.8 Å². The summed E-state index contributed by atoms with van der Waals surface area (Å²) in [5.74, 6) is 0.0253. The van der Waals surface area contributed by atoms with Gasteiger partial charge in [-0.1, -0.05) is 0 Å². The zero-order valence-corrected chi connectivity index (χ0v) is 14.2. The molecule has 0 aromatic heterocycles. The molecule has 2 N–H and O–H groups in total. The van der Waals surface area contributed by atoms with Crippen molar-refractivity contribution in [2.75, 3.05) is 25.0 Å². The lowest BCUT2D eigenvalue weighted by Gasteiger charge is -2.34. The maximum atomic E-state index is 12.6. The Morgan fingerprint density at radius 1 is 1.36 bits per heavy atom. The number of rotatable bonds is 1. The summed E-state index contributed by atoms with van der Waals surface area (Å²) in [5, 5.41) is 6.06. The highest BCUT2D eigenvalue weighted by Crippen LogP contribution is 2.36. The first-order valence-corrected chi connectivity index (χ1v) is 8.07. The van der Waals surface area contributed by atoms with Gasteiger partial charge in [-0.2, -0.15) is 0 Å². The van der Waals surface area contributed by atoms with E-state index in [1.807, 2.05) is 30.9 Å². The molecule has 1 aromatic carbocycles. The van der Waals surface area contributed by atoms with Crippen molar-refractivity contribution in [3.8, 4) is 0 Å². The number of piperazine rings is 1. The number of fused-ring (bicyclic) bond motifs is 1. The third-order valence-electron chi connectivity index (χ3n) is 3.92. The predicted octanol–water partition coefficient (Wildman–Crippen LogP) is 1.97. The molecule has 7 heteroatoms. The summed E-state index contributed by atoms with van der Waals surface area (Å²) in [6, 6.07) is 5.76. The van der Waals surface area contributed by atoms with Crippen molar-refractivity contribution in [2.24, 2.45) is 0 Å². The number of hydrogen-bond acceptors (Lipinski definition) is 4. The molecule has 1 aromatic rings. The number of nitrogens with one attached hydrogen (secondary N) is 2. The number of thioether (sulfide) groups is 1. The second kappa shape index (κ2) is 6.89. The molecule has 0 bridgehead atoms. The van der Waals surface area contributed by atoms with Gasteiger partial charge in [0.1, 0.15) is 0 Å². The Morgan fingerprint density at radius 2 is 2.14 bits per heavy atom. The van der Waals surface area contributed by atoms with E-state index in [2.05, 4.69) is 10.6 Å². The van der Waals surface area contributed by atoms with Crippen molar-refractivity contribution in [1.29, 1.82) is 0 Å². The average molecular weight is 342 g/mol. The van der Waals surface area contributed by atoms with Crippen LogP contribution in [0.5, 0.6) is 0 Å². The van der Waals surface area contributed by atoms with Gasteiger partial charge in [0.25, 0.3) is 5.91 Å². The second-order valence-electron chi connectivity index (χ2n) is 5.51. The number of halogens is 1.